The van der Waals surface area contributed by atoms with Crippen LogP contribution in [0.3, 0.4) is 0 Å². The summed E-state index contributed by atoms with van der Waals surface area (Å²) >= 11 is 1.59. The highest BCUT2D eigenvalue weighted by Gasteiger charge is 2.01. The molecular weight excluding hydrogens is 158 g/mol. The third-order valence-corrected chi connectivity index (χ3v) is 2.25. The molecule has 1 radical (unpaired) electrons. The smallest absolute Gasteiger partial charge is 0.146 e. The van der Waals surface area contributed by atoms with E-state index in [2.05, 4.69) is 11.1 Å². The summed E-state index contributed by atoms with van der Waals surface area (Å²) < 4.78 is 6.21. The van der Waals surface area contributed by atoms with Gasteiger partial charge < -0.3 is 4.74 Å². The summed E-state index contributed by atoms with van der Waals surface area (Å²) in [5.41, 5.74) is 2.73. The molecule has 0 saturated heterocycles. The number of methoxy groups -OCH3 is 1. The fraction of sp³-hybridized carbons (Fsp3) is 0.125. The molecule has 1 aromatic heterocycles. The van der Waals surface area contributed by atoms with Crippen molar-refractivity contribution in [3.05, 3.63) is 23.7 Å². The van der Waals surface area contributed by atoms with E-state index in [4.69, 9.17) is 4.74 Å². The number of fused-ring (bicyclic) bond motifs is 1. The molecule has 3 heteroatoms. The zero-order valence-corrected chi connectivity index (χ0v) is 6.81. The van der Waals surface area contributed by atoms with Gasteiger partial charge in [-0.2, -0.15) is 0 Å². The lowest BCUT2D eigenvalue weighted by Crippen LogP contribution is -1.82. The lowest BCUT2D eigenvalue weighted by Gasteiger charge is -1.97. The van der Waals surface area contributed by atoms with Crippen LogP contribution >= 0.6 is 11.3 Å². The van der Waals surface area contributed by atoms with Crippen LogP contribution in [0.5, 0.6) is 5.75 Å². The lowest BCUT2D eigenvalue weighted by molar-refractivity contribution is 0.419. The summed E-state index contributed by atoms with van der Waals surface area (Å²) in [6.45, 7) is 0. The SMILES string of the molecule is COc1c[c]cc2scnc12. The summed E-state index contributed by atoms with van der Waals surface area (Å²) in [7, 11) is 1.64. The van der Waals surface area contributed by atoms with Crippen molar-refractivity contribution in [1.29, 1.82) is 0 Å². The van der Waals surface area contributed by atoms with Crippen LogP contribution in [0.25, 0.3) is 10.2 Å². The molecule has 0 amide bonds. The van der Waals surface area contributed by atoms with Crippen LogP contribution < -0.4 is 4.74 Å². The zero-order valence-electron chi connectivity index (χ0n) is 6.00. The largest absolute Gasteiger partial charge is 0.494 e. The van der Waals surface area contributed by atoms with E-state index in [0.29, 0.717) is 0 Å². The predicted octanol–water partition coefficient (Wildman–Crippen LogP) is 2.11. The van der Waals surface area contributed by atoms with Crippen molar-refractivity contribution in [3.8, 4) is 5.75 Å². The van der Waals surface area contributed by atoms with Gasteiger partial charge in [-0.1, -0.05) is 0 Å². The summed E-state index contributed by atoms with van der Waals surface area (Å²) in [5.74, 6) is 0.795. The fourth-order valence-corrected chi connectivity index (χ4v) is 1.63. The Morgan fingerprint density at radius 3 is 3.27 bits per heavy atom. The van der Waals surface area contributed by atoms with E-state index in [1.807, 2.05) is 6.07 Å². The highest BCUT2D eigenvalue weighted by atomic mass is 32.1. The van der Waals surface area contributed by atoms with E-state index in [1.54, 1.807) is 30.0 Å². The molecule has 0 aliphatic carbocycles. The minimum absolute atomic E-state index is 0.795. The highest BCUT2D eigenvalue weighted by Crippen LogP contribution is 2.25. The summed E-state index contributed by atoms with van der Waals surface area (Å²) in [4.78, 5) is 4.16. The van der Waals surface area contributed by atoms with Gasteiger partial charge >= 0.3 is 0 Å². The maximum absolute atomic E-state index is 5.10. The van der Waals surface area contributed by atoms with Crippen molar-refractivity contribution >= 4 is 21.6 Å². The standard InChI is InChI=1S/C8H6NOS/c1-10-6-3-2-4-7-8(6)9-5-11-7/h3-5H,1H3. The Hall–Kier alpha value is -1.09. The van der Waals surface area contributed by atoms with Crippen LogP contribution in [0.2, 0.25) is 0 Å². The van der Waals surface area contributed by atoms with Gasteiger partial charge in [0, 0.05) is 0 Å². The van der Waals surface area contributed by atoms with Gasteiger partial charge in [0.05, 0.1) is 17.3 Å². The van der Waals surface area contributed by atoms with Crippen molar-refractivity contribution in [2.24, 2.45) is 0 Å². The Morgan fingerprint density at radius 2 is 2.45 bits per heavy atom. The van der Waals surface area contributed by atoms with Gasteiger partial charge in [0.2, 0.25) is 0 Å². The number of hydrogen-bond donors (Lipinski definition) is 0. The molecule has 55 valence electrons. The summed E-state index contributed by atoms with van der Waals surface area (Å²) in [5, 5.41) is 0. The molecule has 2 rings (SSSR count). The van der Waals surface area contributed by atoms with Crippen LogP contribution in [-0.4, -0.2) is 12.1 Å². The highest BCUT2D eigenvalue weighted by molar-refractivity contribution is 7.16. The average molecular weight is 164 g/mol. The Balaban J connectivity index is 2.79. The molecule has 2 aromatic rings. The number of benzene rings is 1. The monoisotopic (exact) mass is 164 g/mol. The maximum Gasteiger partial charge on any atom is 0.146 e. The Morgan fingerprint density at radius 1 is 1.55 bits per heavy atom. The van der Waals surface area contributed by atoms with Crippen LogP contribution in [-0.2, 0) is 0 Å². The third-order valence-electron chi connectivity index (χ3n) is 1.48. The third kappa shape index (κ3) is 0.973. The molecule has 2 nitrogen and oxygen atoms in total. The van der Waals surface area contributed by atoms with Crippen LogP contribution in [0, 0.1) is 6.07 Å². The van der Waals surface area contributed by atoms with E-state index in [9.17, 15) is 0 Å². The second-order valence-corrected chi connectivity index (χ2v) is 2.98. The second kappa shape index (κ2) is 2.51. The molecule has 1 aromatic carbocycles. The minimum Gasteiger partial charge on any atom is -0.494 e. The number of aromatic nitrogens is 1. The Kier molecular flexibility index (Phi) is 1.51. The molecule has 0 spiro atoms. The first-order chi connectivity index (χ1) is 5.42. The van der Waals surface area contributed by atoms with Crippen LogP contribution in [0.15, 0.2) is 17.6 Å². The van der Waals surface area contributed by atoms with E-state index in [-0.39, 0.29) is 0 Å². The van der Waals surface area contributed by atoms with E-state index in [0.717, 1.165) is 16.0 Å². The van der Waals surface area contributed by atoms with Crippen molar-refractivity contribution in [2.75, 3.05) is 7.11 Å². The number of thiazole rings is 1. The van der Waals surface area contributed by atoms with Gasteiger partial charge in [-0.15, -0.1) is 11.3 Å². The quantitative estimate of drug-likeness (QED) is 0.644. The molecule has 0 N–H and O–H groups in total. The van der Waals surface area contributed by atoms with Gasteiger partial charge in [-0.05, 0) is 18.2 Å². The minimum atomic E-state index is 0.795. The first-order valence-electron chi connectivity index (χ1n) is 3.19. The first kappa shape index (κ1) is 6.61. The Labute approximate surface area is 68.5 Å². The molecule has 0 unspecified atom stereocenters. The maximum atomic E-state index is 5.10. The summed E-state index contributed by atoms with van der Waals surface area (Å²) in [6, 6.07) is 6.69. The topological polar surface area (TPSA) is 22.1 Å². The van der Waals surface area contributed by atoms with Crippen molar-refractivity contribution in [2.45, 2.75) is 0 Å². The molecule has 0 atom stereocenters. The molecule has 0 aliphatic rings. The van der Waals surface area contributed by atoms with E-state index in [1.165, 1.54) is 0 Å². The van der Waals surface area contributed by atoms with Crippen LogP contribution in [0.4, 0.5) is 0 Å². The van der Waals surface area contributed by atoms with Gasteiger partial charge in [0.25, 0.3) is 0 Å². The molecular formula is C8H6NOS. The molecule has 11 heavy (non-hydrogen) atoms. The fourth-order valence-electron chi connectivity index (χ4n) is 0.960. The lowest BCUT2D eigenvalue weighted by atomic mass is 10.3. The summed E-state index contributed by atoms with van der Waals surface area (Å²) in [6.07, 6.45) is 0. The van der Waals surface area contributed by atoms with Crippen molar-refractivity contribution in [3.63, 3.8) is 0 Å². The molecule has 0 fully saturated rings. The number of rotatable bonds is 1. The molecule has 0 saturated carbocycles. The van der Waals surface area contributed by atoms with Gasteiger partial charge in [0.1, 0.15) is 11.3 Å². The predicted molar refractivity (Wildman–Crippen MR) is 45.0 cm³/mol. The van der Waals surface area contributed by atoms with Crippen LogP contribution in [0.1, 0.15) is 0 Å². The second-order valence-electron chi connectivity index (χ2n) is 2.09. The van der Waals surface area contributed by atoms with Gasteiger partial charge in [-0.3, -0.25) is 0 Å². The zero-order chi connectivity index (χ0) is 7.68. The Bertz CT molecular complexity index is 369. The number of hydrogen-bond acceptors (Lipinski definition) is 3. The average Bonchev–Trinajstić information content (AvgIpc) is 2.50. The van der Waals surface area contributed by atoms with Gasteiger partial charge in [0.15, 0.2) is 0 Å². The van der Waals surface area contributed by atoms with Gasteiger partial charge in [-0.25, -0.2) is 4.98 Å². The molecule has 1 heterocycles. The van der Waals surface area contributed by atoms with Crippen molar-refractivity contribution < 1.29 is 4.74 Å². The van der Waals surface area contributed by atoms with Crippen molar-refractivity contribution in [1.82, 2.24) is 4.98 Å². The number of nitrogens with zero attached hydrogens (tertiary/aromatic N) is 1. The normalized spacial score (nSPS) is 10.3. The van der Waals surface area contributed by atoms with E-state index < -0.39 is 0 Å². The van der Waals surface area contributed by atoms with E-state index >= 15 is 0 Å². The first-order valence-corrected chi connectivity index (χ1v) is 4.07. The molecule has 0 aliphatic heterocycles. The number of ether oxygens (including phenoxy) is 1. The molecule has 0 bridgehead atoms.